The van der Waals surface area contributed by atoms with Gasteiger partial charge in [0.1, 0.15) is 34.7 Å². The van der Waals surface area contributed by atoms with Gasteiger partial charge in [0.2, 0.25) is 0 Å². The minimum absolute atomic E-state index is 0.0527. The number of methoxy groups -OCH3 is 1. The number of nitrogens with zero attached hydrogens (tertiary/aromatic N) is 1. The predicted octanol–water partition coefficient (Wildman–Crippen LogP) is 4.04. The molecular weight excluding hydrogens is 386 g/mol. The maximum atomic E-state index is 13.2. The lowest BCUT2D eigenvalue weighted by molar-refractivity contribution is 0.0933. The highest BCUT2D eigenvalue weighted by Gasteiger charge is 2.11. The molecule has 0 saturated carbocycles. The number of benzene rings is 2. The number of aromatic nitrogens is 1. The van der Waals surface area contributed by atoms with E-state index in [0.717, 1.165) is 11.6 Å². The van der Waals surface area contributed by atoms with Gasteiger partial charge in [-0.25, -0.2) is 13.8 Å². The SMILES string of the molecule is COCCNC(=O)c1csc(-c2ccc(OCc3cc(F)cc(F)c3)cc2)n1. The zero-order chi connectivity index (χ0) is 19.9. The van der Waals surface area contributed by atoms with Crippen LogP contribution in [0.15, 0.2) is 47.8 Å². The molecule has 0 atom stereocenters. The van der Waals surface area contributed by atoms with Crippen LogP contribution >= 0.6 is 11.3 Å². The maximum Gasteiger partial charge on any atom is 0.270 e. The Labute approximate surface area is 164 Å². The van der Waals surface area contributed by atoms with Crippen molar-refractivity contribution in [2.24, 2.45) is 0 Å². The molecule has 3 aromatic rings. The molecule has 1 heterocycles. The van der Waals surface area contributed by atoms with Crippen LogP contribution in [0.5, 0.6) is 5.75 Å². The Bertz CT molecular complexity index is 925. The molecule has 8 heteroatoms. The first-order valence-electron chi connectivity index (χ1n) is 8.46. The standard InChI is InChI=1S/C20H18F2N2O3S/c1-26-7-6-23-19(25)18-12-28-20(24-18)14-2-4-17(5-3-14)27-11-13-8-15(21)10-16(22)9-13/h2-5,8-10,12H,6-7,11H2,1H3,(H,23,25). The molecule has 0 bridgehead atoms. The Morgan fingerprint density at radius 1 is 1.14 bits per heavy atom. The summed E-state index contributed by atoms with van der Waals surface area (Å²) in [5.41, 5.74) is 1.60. The van der Waals surface area contributed by atoms with E-state index in [1.165, 1.54) is 23.5 Å². The average molecular weight is 404 g/mol. The number of carbonyl (C=O) groups is 1. The lowest BCUT2D eigenvalue weighted by atomic mass is 10.2. The van der Waals surface area contributed by atoms with E-state index in [1.54, 1.807) is 24.6 Å². The van der Waals surface area contributed by atoms with Crippen LogP contribution in [-0.4, -0.2) is 31.2 Å². The van der Waals surface area contributed by atoms with Crippen LogP contribution in [0.25, 0.3) is 10.6 Å². The fourth-order valence-corrected chi connectivity index (χ4v) is 3.23. The molecular formula is C20H18F2N2O3S. The monoisotopic (exact) mass is 404 g/mol. The summed E-state index contributed by atoms with van der Waals surface area (Å²) in [4.78, 5) is 16.3. The summed E-state index contributed by atoms with van der Waals surface area (Å²) in [6.07, 6.45) is 0. The number of rotatable bonds is 8. The molecule has 3 rings (SSSR count). The maximum absolute atomic E-state index is 13.2. The lowest BCUT2D eigenvalue weighted by Crippen LogP contribution is -2.27. The molecule has 28 heavy (non-hydrogen) atoms. The van der Waals surface area contributed by atoms with Gasteiger partial charge in [-0.2, -0.15) is 0 Å². The first-order valence-corrected chi connectivity index (χ1v) is 9.34. The Morgan fingerprint density at radius 3 is 2.54 bits per heavy atom. The molecule has 0 aliphatic heterocycles. The molecule has 5 nitrogen and oxygen atoms in total. The Morgan fingerprint density at radius 2 is 1.86 bits per heavy atom. The van der Waals surface area contributed by atoms with Gasteiger partial charge >= 0.3 is 0 Å². The Balaban J connectivity index is 1.60. The average Bonchev–Trinajstić information content (AvgIpc) is 3.16. The molecule has 1 amide bonds. The van der Waals surface area contributed by atoms with Crippen LogP contribution in [-0.2, 0) is 11.3 Å². The first-order chi connectivity index (χ1) is 13.5. The van der Waals surface area contributed by atoms with E-state index < -0.39 is 11.6 Å². The number of carbonyl (C=O) groups excluding carboxylic acids is 1. The van der Waals surface area contributed by atoms with Crippen LogP contribution < -0.4 is 10.1 Å². The molecule has 0 aliphatic rings. The van der Waals surface area contributed by atoms with Gasteiger partial charge in [0.15, 0.2) is 0 Å². The first kappa shape index (κ1) is 19.9. The van der Waals surface area contributed by atoms with Crippen molar-refractivity contribution in [3.05, 3.63) is 70.7 Å². The number of thiazole rings is 1. The summed E-state index contributed by atoms with van der Waals surface area (Å²) >= 11 is 1.36. The Kier molecular flexibility index (Phi) is 6.67. The third-order valence-electron chi connectivity index (χ3n) is 3.76. The van der Waals surface area contributed by atoms with Gasteiger partial charge in [0, 0.05) is 30.7 Å². The van der Waals surface area contributed by atoms with E-state index in [0.29, 0.717) is 35.2 Å². The van der Waals surface area contributed by atoms with E-state index in [9.17, 15) is 13.6 Å². The minimum atomic E-state index is -0.639. The number of hydrogen-bond donors (Lipinski definition) is 1. The van der Waals surface area contributed by atoms with Gasteiger partial charge in [-0.1, -0.05) is 0 Å². The molecule has 0 unspecified atom stereocenters. The normalized spacial score (nSPS) is 10.7. The summed E-state index contributed by atoms with van der Waals surface area (Å²) in [7, 11) is 1.57. The fourth-order valence-electron chi connectivity index (χ4n) is 2.42. The molecule has 0 saturated heterocycles. The van der Waals surface area contributed by atoms with E-state index in [-0.39, 0.29) is 12.5 Å². The van der Waals surface area contributed by atoms with Gasteiger partial charge in [0.25, 0.3) is 5.91 Å². The van der Waals surface area contributed by atoms with E-state index in [4.69, 9.17) is 9.47 Å². The van der Waals surface area contributed by atoms with Gasteiger partial charge in [-0.15, -0.1) is 11.3 Å². The molecule has 1 N–H and O–H groups in total. The summed E-state index contributed by atoms with van der Waals surface area (Å²) in [5.74, 6) is -0.969. The van der Waals surface area contributed by atoms with Crippen LogP contribution in [0.3, 0.4) is 0 Å². The van der Waals surface area contributed by atoms with Crippen molar-refractivity contribution in [2.45, 2.75) is 6.61 Å². The van der Waals surface area contributed by atoms with Crippen molar-refractivity contribution in [1.82, 2.24) is 10.3 Å². The van der Waals surface area contributed by atoms with Crippen molar-refractivity contribution in [2.75, 3.05) is 20.3 Å². The van der Waals surface area contributed by atoms with Gasteiger partial charge in [0.05, 0.1) is 6.61 Å². The van der Waals surface area contributed by atoms with Crippen molar-refractivity contribution in [3.8, 4) is 16.3 Å². The fraction of sp³-hybridized carbons (Fsp3) is 0.200. The van der Waals surface area contributed by atoms with E-state index in [1.807, 2.05) is 12.1 Å². The number of ether oxygens (including phenoxy) is 2. The summed E-state index contributed by atoms with van der Waals surface area (Å²) in [6.45, 7) is 0.910. The van der Waals surface area contributed by atoms with Crippen LogP contribution in [0.1, 0.15) is 16.1 Å². The third kappa shape index (κ3) is 5.34. The Hall–Kier alpha value is -2.84. The second-order valence-electron chi connectivity index (χ2n) is 5.88. The molecule has 0 spiro atoms. The van der Waals surface area contributed by atoms with E-state index >= 15 is 0 Å². The van der Waals surface area contributed by atoms with Crippen molar-refractivity contribution >= 4 is 17.2 Å². The highest BCUT2D eigenvalue weighted by atomic mass is 32.1. The van der Waals surface area contributed by atoms with Crippen molar-refractivity contribution < 1.29 is 23.0 Å². The lowest BCUT2D eigenvalue weighted by Gasteiger charge is -2.07. The number of hydrogen-bond acceptors (Lipinski definition) is 5. The molecule has 146 valence electrons. The summed E-state index contributed by atoms with van der Waals surface area (Å²) in [5, 5.41) is 5.12. The van der Waals surface area contributed by atoms with E-state index in [2.05, 4.69) is 10.3 Å². The molecule has 1 aromatic heterocycles. The van der Waals surface area contributed by atoms with Crippen molar-refractivity contribution in [1.29, 1.82) is 0 Å². The summed E-state index contributed by atoms with van der Waals surface area (Å²) in [6, 6.07) is 10.4. The number of halogens is 2. The number of amides is 1. The third-order valence-corrected chi connectivity index (χ3v) is 4.65. The topological polar surface area (TPSA) is 60.5 Å². The predicted molar refractivity (Wildman–Crippen MR) is 102 cm³/mol. The van der Waals surface area contributed by atoms with Crippen LogP contribution in [0.4, 0.5) is 8.78 Å². The summed E-state index contributed by atoms with van der Waals surface area (Å²) < 4.78 is 36.9. The smallest absolute Gasteiger partial charge is 0.270 e. The van der Waals surface area contributed by atoms with Gasteiger partial charge in [-0.3, -0.25) is 4.79 Å². The quantitative estimate of drug-likeness (QED) is 0.576. The van der Waals surface area contributed by atoms with Gasteiger partial charge in [-0.05, 0) is 42.0 Å². The highest BCUT2D eigenvalue weighted by molar-refractivity contribution is 7.13. The van der Waals surface area contributed by atoms with Crippen LogP contribution in [0, 0.1) is 11.6 Å². The second kappa shape index (κ2) is 9.38. The van der Waals surface area contributed by atoms with Gasteiger partial charge < -0.3 is 14.8 Å². The minimum Gasteiger partial charge on any atom is -0.489 e. The highest BCUT2D eigenvalue weighted by Crippen LogP contribution is 2.26. The zero-order valence-electron chi connectivity index (χ0n) is 15.1. The molecule has 0 radical (unpaired) electrons. The molecule has 2 aromatic carbocycles. The van der Waals surface area contributed by atoms with Crippen LogP contribution in [0.2, 0.25) is 0 Å². The number of nitrogens with one attached hydrogen (secondary N) is 1. The second-order valence-corrected chi connectivity index (χ2v) is 6.74. The largest absolute Gasteiger partial charge is 0.489 e. The zero-order valence-corrected chi connectivity index (χ0v) is 15.9. The van der Waals surface area contributed by atoms with Crippen molar-refractivity contribution in [3.63, 3.8) is 0 Å². The molecule has 0 aliphatic carbocycles. The molecule has 0 fully saturated rings.